The van der Waals surface area contributed by atoms with Gasteiger partial charge < -0.3 is 37.6 Å². The van der Waals surface area contributed by atoms with Gasteiger partial charge in [-0.1, -0.05) is 27.7 Å². The molecule has 0 aliphatic rings. The number of nitrogens with one attached hydrogen (secondary N) is 3. The van der Waals surface area contributed by atoms with Crippen molar-refractivity contribution in [3.63, 3.8) is 0 Å². The van der Waals surface area contributed by atoms with Gasteiger partial charge in [0, 0.05) is 0 Å². The van der Waals surface area contributed by atoms with Crippen LogP contribution in [0.15, 0.2) is 0 Å². The summed E-state index contributed by atoms with van der Waals surface area (Å²) in [5, 5.41) is 25.7. The fraction of sp³-hybridized carbons (Fsp3) is 0.800. The number of aliphatic hydroxyl groups excluding tert-OH is 1. The third kappa shape index (κ3) is 11.1. The molecule has 0 aromatic heterocycles. The van der Waals surface area contributed by atoms with E-state index in [2.05, 4.69) is 16.0 Å². The molecule has 0 radical (unpaired) electrons. The molecule has 3 amide bonds. The number of carboxylic acid groups (broad SMARTS) is 1. The number of carbonyl (C=O) groups excluding carboxylic acids is 3. The molecular weight excluding hydrogens is 406 g/mol. The molecule has 0 bridgehead atoms. The number of amides is 3. The fourth-order valence-corrected chi connectivity index (χ4v) is 2.77. The van der Waals surface area contributed by atoms with Crippen LogP contribution in [0.4, 0.5) is 0 Å². The van der Waals surface area contributed by atoms with Gasteiger partial charge in [0.15, 0.2) is 0 Å². The lowest BCUT2D eigenvalue weighted by Crippen LogP contribution is -2.58. The Labute approximate surface area is 183 Å². The van der Waals surface area contributed by atoms with Crippen molar-refractivity contribution in [3.8, 4) is 0 Å². The first kappa shape index (κ1) is 28.8. The smallest absolute Gasteiger partial charge is 0.328 e. The molecule has 0 aromatic carbocycles. The van der Waals surface area contributed by atoms with E-state index in [4.69, 9.17) is 21.7 Å². The van der Waals surface area contributed by atoms with Gasteiger partial charge in [-0.2, -0.15) is 0 Å². The molecular formula is C20H39N5O6. The molecule has 0 aliphatic heterocycles. The SMILES string of the molecule is CC(C)CC(NC(=O)C(N)C(C)C)C(=O)NC(CCCCN)C(=O)NC(CO)C(=O)O. The minimum absolute atomic E-state index is 0.0709. The summed E-state index contributed by atoms with van der Waals surface area (Å²) in [6, 6.07) is -4.23. The molecule has 0 rings (SSSR count). The number of aliphatic hydroxyl groups is 1. The Morgan fingerprint density at radius 2 is 1.35 bits per heavy atom. The second-order valence-electron chi connectivity index (χ2n) is 8.39. The highest BCUT2D eigenvalue weighted by atomic mass is 16.4. The first-order valence-electron chi connectivity index (χ1n) is 10.6. The number of carbonyl (C=O) groups is 4. The van der Waals surface area contributed by atoms with E-state index in [1.54, 1.807) is 13.8 Å². The van der Waals surface area contributed by atoms with E-state index in [0.29, 0.717) is 25.8 Å². The molecule has 0 aromatic rings. The standard InChI is InChI=1S/C20H39N5O6/c1-11(2)9-14(24-19(29)16(22)12(3)4)18(28)23-13(7-5-6-8-21)17(27)25-15(10-26)20(30)31/h11-16,26H,5-10,21-22H2,1-4H3,(H,23,28)(H,24,29)(H,25,27)(H,30,31). The van der Waals surface area contributed by atoms with E-state index in [9.17, 15) is 19.2 Å². The first-order chi connectivity index (χ1) is 14.4. The number of hydrogen-bond donors (Lipinski definition) is 7. The molecule has 11 nitrogen and oxygen atoms in total. The highest BCUT2D eigenvalue weighted by Gasteiger charge is 2.30. The third-order valence-electron chi connectivity index (χ3n) is 4.74. The maximum Gasteiger partial charge on any atom is 0.328 e. The zero-order valence-corrected chi connectivity index (χ0v) is 18.9. The van der Waals surface area contributed by atoms with E-state index in [1.807, 2.05) is 13.8 Å². The zero-order chi connectivity index (χ0) is 24.1. The lowest BCUT2D eigenvalue weighted by atomic mass is 9.99. The molecule has 0 fully saturated rings. The third-order valence-corrected chi connectivity index (χ3v) is 4.74. The van der Waals surface area contributed by atoms with Crippen molar-refractivity contribution in [2.24, 2.45) is 23.3 Å². The largest absolute Gasteiger partial charge is 0.480 e. The molecule has 180 valence electrons. The zero-order valence-electron chi connectivity index (χ0n) is 18.9. The molecule has 0 aliphatic carbocycles. The van der Waals surface area contributed by atoms with Crippen LogP contribution < -0.4 is 27.4 Å². The van der Waals surface area contributed by atoms with Crippen molar-refractivity contribution in [2.45, 2.75) is 77.5 Å². The van der Waals surface area contributed by atoms with Gasteiger partial charge in [-0.05, 0) is 44.1 Å². The highest BCUT2D eigenvalue weighted by Crippen LogP contribution is 2.09. The Hall–Kier alpha value is -2.24. The fourth-order valence-electron chi connectivity index (χ4n) is 2.77. The quantitative estimate of drug-likeness (QED) is 0.150. The Balaban J connectivity index is 5.42. The molecule has 4 atom stereocenters. The summed E-state index contributed by atoms with van der Waals surface area (Å²) in [4.78, 5) is 48.9. The molecule has 0 saturated heterocycles. The maximum absolute atomic E-state index is 12.9. The Morgan fingerprint density at radius 3 is 1.81 bits per heavy atom. The first-order valence-corrected chi connectivity index (χ1v) is 10.6. The summed E-state index contributed by atoms with van der Waals surface area (Å²) in [6.07, 6.45) is 1.68. The van der Waals surface area contributed by atoms with Crippen LogP contribution in [0, 0.1) is 11.8 Å². The second-order valence-corrected chi connectivity index (χ2v) is 8.39. The van der Waals surface area contributed by atoms with E-state index >= 15 is 0 Å². The maximum atomic E-state index is 12.9. The molecule has 31 heavy (non-hydrogen) atoms. The highest BCUT2D eigenvalue weighted by molar-refractivity contribution is 5.94. The van der Waals surface area contributed by atoms with E-state index in [-0.39, 0.29) is 18.3 Å². The van der Waals surface area contributed by atoms with Crippen LogP contribution in [-0.2, 0) is 19.2 Å². The van der Waals surface area contributed by atoms with Gasteiger partial charge in [-0.25, -0.2) is 4.79 Å². The van der Waals surface area contributed by atoms with Gasteiger partial charge in [0.2, 0.25) is 17.7 Å². The van der Waals surface area contributed by atoms with Crippen molar-refractivity contribution in [2.75, 3.05) is 13.2 Å². The predicted octanol–water partition coefficient (Wildman–Crippen LogP) is -1.32. The number of nitrogens with two attached hydrogens (primary N) is 2. The summed E-state index contributed by atoms with van der Waals surface area (Å²) >= 11 is 0. The van der Waals surface area contributed by atoms with Crippen molar-refractivity contribution in [1.29, 1.82) is 0 Å². The van der Waals surface area contributed by atoms with Crippen LogP contribution in [0.3, 0.4) is 0 Å². The van der Waals surface area contributed by atoms with Crippen LogP contribution in [-0.4, -0.2) is 71.2 Å². The summed E-state index contributed by atoms with van der Waals surface area (Å²) in [5.41, 5.74) is 11.4. The molecule has 4 unspecified atom stereocenters. The lowest BCUT2D eigenvalue weighted by Gasteiger charge is -2.26. The van der Waals surface area contributed by atoms with Crippen LogP contribution in [0.2, 0.25) is 0 Å². The van der Waals surface area contributed by atoms with Gasteiger partial charge in [0.1, 0.15) is 18.1 Å². The van der Waals surface area contributed by atoms with E-state index in [0.717, 1.165) is 0 Å². The average Bonchev–Trinajstić information content (AvgIpc) is 2.69. The number of unbranched alkanes of at least 4 members (excludes halogenated alkanes) is 1. The van der Waals surface area contributed by atoms with E-state index < -0.39 is 54.5 Å². The Kier molecular flexibility index (Phi) is 13.6. The normalized spacial score (nSPS) is 15.1. The minimum Gasteiger partial charge on any atom is -0.480 e. The van der Waals surface area contributed by atoms with Crippen LogP contribution in [0.25, 0.3) is 0 Å². The van der Waals surface area contributed by atoms with Crippen LogP contribution in [0.5, 0.6) is 0 Å². The van der Waals surface area contributed by atoms with Crippen molar-refractivity contribution >= 4 is 23.7 Å². The summed E-state index contributed by atoms with van der Waals surface area (Å²) < 4.78 is 0. The van der Waals surface area contributed by atoms with Gasteiger partial charge >= 0.3 is 5.97 Å². The monoisotopic (exact) mass is 445 g/mol. The molecule has 0 spiro atoms. The predicted molar refractivity (Wildman–Crippen MR) is 116 cm³/mol. The van der Waals surface area contributed by atoms with Crippen LogP contribution >= 0.6 is 0 Å². The summed E-state index contributed by atoms with van der Waals surface area (Å²) in [7, 11) is 0. The average molecular weight is 446 g/mol. The van der Waals surface area contributed by atoms with Crippen molar-refractivity contribution < 1.29 is 29.4 Å². The number of hydrogen-bond acceptors (Lipinski definition) is 7. The van der Waals surface area contributed by atoms with Crippen molar-refractivity contribution in [1.82, 2.24) is 16.0 Å². The van der Waals surface area contributed by atoms with Gasteiger partial charge in [0.25, 0.3) is 0 Å². The molecule has 0 heterocycles. The summed E-state index contributed by atoms with van der Waals surface area (Å²) in [6.45, 7) is 6.97. The molecule has 11 heteroatoms. The van der Waals surface area contributed by atoms with Crippen molar-refractivity contribution in [3.05, 3.63) is 0 Å². The van der Waals surface area contributed by atoms with Gasteiger partial charge in [-0.3, -0.25) is 14.4 Å². The minimum atomic E-state index is -1.49. The van der Waals surface area contributed by atoms with E-state index in [1.165, 1.54) is 0 Å². The Bertz CT molecular complexity index is 599. The van der Waals surface area contributed by atoms with Gasteiger partial charge in [0.05, 0.1) is 12.6 Å². The topological polar surface area (TPSA) is 197 Å². The number of rotatable bonds is 15. The van der Waals surface area contributed by atoms with Crippen LogP contribution in [0.1, 0.15) is 53.4 Å². The van der Waals surface area contributed by atoms with Gasteiger partial charge in [-0.15, -0.1) is 0 Å². The Morgan fingerprint density at radius 1 is 0.839 bits per heavy atom. The number of aliphatic carboxylic acids is 1. The number of carboxylic acids is 1. The molecule has 0 saturated carbocycles. The lowest BCUT2D eigenvalue weighted by molar-refractivity contribution is -0.143. The second kappa shape index (κ2) is 14.7. The molecule has 9 N–H and O–H groups in total. The summed E-state index contributed by atoms with van der Waals surface area (Å²) in [5.74, 6) is -3.21.